The third-order valence-electron chi connectivity index (χ3n) is 3.92. The third kappa shape index (κ3) is 2.36. The van der Waals surface area contributed by atoms with Gasteiger partial charge in [0.15, 0.2) is 0 Å². The minimum absolute atomic E-state index is 0.297. The summed E-state index contributed by atoms with van der Waals surface area (Å²) < 4.78 is 1.17. The summed E-state index contributed by atoms with van der Waals surface area (Å²) in [5, 5.41) is 0. The van der Waals surface area contributed by atoms with Crippen LogP contribution in [0, 0.1) is 3.57 Å². The Bertz CT molecular complexity index is 575. The maximum atomic E-state index is 6.17. The van der Waals surface area contributed by atoms with Gasteiger partial charge in [-0.05, 0) is 66.5 Å². The summed E-state index contributed by atoms with van der Waals surface area (Å²) in [6.45, 7) is 0. The van der Waals surface area contributed by atoms with Crippen LogP contribution in [0.5, 0.6) is 0 Å². The number of anilines is 1. The summed E-state index contributed by atoms with van der Waals surface area (Å²) >= 11 is 2.30. The van der Waals surface area contributed by atoms with E-state index in [2.05, 4.69) is 55.7 Å². The van der Waals surface area contributed by atoms with Crippen molar-refractivity contribution in [2.24, 2.45) is 21.5 Å². The van der Waals surface area contributed by atoms with Gasteiger partial charge in [-0.3, -0.25) is 4.90 Å². The van der Waals surface area contributed by atoms with E-state index in [1.165, 1.54) is 9.99 Å². The minimum atomic E-state index is -0.349. The van der Waals surface area contributed by atoms with Gasteiger partial charge in [-0.25, -0.2) is 4.99 Å². The van der Waals surface area contributed by atoms with E-state index in [0.29, 0.717) is 11.9 Å². The third-order valence-corrected chi connectivity index (χ3v) is 4.59. The first kappa shape index (κ1) is 13.7. The number of nitrogens with two attached hydrogens (primary N) is 2. The molecule has 1 aliphatic carbocycles. The van der Waals surface area contributed by atoms with Crippen molar-refractivity contribution in [3.8, 4) is 0 Å². The number of hydrogen-bond acceptors (Lipinski definition) is 5. The van der Waals surface area contributed by atoms with Gasteiger partial charge in [0.05, 0.1) is 0 Å². The van der Waals surface area contributed by atoms with Crippen LogP contribution in [-0.4, -0.2) is 17.6 Å². The number of hydrogen-bond donors (Lipinski definition) is 2. The fourth-order valence-corrected chi connectivity index (χ4v) is 3.64. The topological polar surface area (TPSA) is 80.0 Å². The van der Waals surface area contributed by atoms with Crippen molar-refractivity contribution in [2.45, 2.75) is 37.8 Å². The zero-order valence-electron chi connectivity index (χ0n) is 11.2. The molecule has 1 aromatic rings. The second-order valence-electron chi connectivity index (χ2n) is 5.30. The molecule has 0 amide bonds. The second kappa shape index (κ2) is 5.23. The molecular formula is C14H18IN5. The van der Waals surface area contributed by atoms with Crippen molar-refractivity contribution < 1.29 is 0 Å². The molecule has 1 heterocycles. The molecule has 1 aromatic carbocycles. The molecule has 0 bridgehead atoms. The van der Waals surface area contributed by atoms with Crippen LogP contribution in [0.1, 0.15) is 32.1 Å². The molecule has 0 atom stereocenters. The number of benzene rings is 1. The van der Waals surface area contributed by atoms with E-state index in [1.54, 1.807) is 0 Å². The molecule has 20 heavy (non-hydrogen) atoms. The molecule has 1 aliphatic heterocycles. The van der Waals surface area contributed by atoms with E-state index < -0.39 is 0 Å². The maximum Gasteiger partial charge on any atom is 0.220 e. The molecule has 1 spiro atoms. The summed E-state index contributed by atoms with van der Waals surface area (Å²) in [5.41, 5.74) is 12.7. The molecule has 4 N–H and O–H groups in total. The van der Waals surface area contributed by atoms with Crippen molar-refractivity contribution in [1.82, 2.24) is 0 Å². The Morgan fingerprint density at radius 1 is 1.15 bits per heavy atom. The maximum absolute atomic E-state index is 6.17. The van der Waals surface area contributed by atoms with E-state index in [-0.39, 0.29) is 5.66 Å². The lowest BCUT2D eigenvalue weighted by atomic mass is 9.87. The lowest BCUT2D eigenvalue weighted by Gasteiger charge is -2.45. The Labute approximate surface area is 132 Å². The highest BCUT2D eigenvalue weighted by Gasteiger charge is 2.42. The second-order valence-corrected chi connectivity index (χ2v) is 6.54. The Morgan fingerprint density at radius 3 is 2.60 bits per heavy atom. The first-order valence-electron chi connectivity index (χ1n) is 6.86. The molecule has 5 nitrogen and oxygen atoms in total. The Morgan fingerprint density at radius 2 is 1.90 bits per heavy atom. The quantitative estimate of drug-likeness (QED) is 0.731. The molecule has 1 fully saturated rings. The van der Waals surface area contributed by atoms with Crippen LogP contribution in [0.25, 0.3) is 0 Å². The van der Waals surface area contributed by atoms with Crippen LogP contribution in [0.4, 0.5) is 5.69 Å². The molecule has 0 saturated heterocycles. The zero-order chi connectivity index (χ0) is 14.2. The number of aliphatic imine (C=N–C) groups is 2. The van der Waals surface area contributed by atoms with Crippen LogP contribution in [0.3, 0.4) is 0 Å². The van der Waals surface area contributed by atoms with Crippen LogP contribution in [-0.2, 0) is 0 Å². The molecule has 2 aliphatic rings. The molecule has 106 valence electrons. The van der Waals surface area contributed by atoms with E-state index in [9.17, 15) is 0 Å². The molecule has 6 heteroatoms. The highest BCUT2D eigenvalue weighted by molar-refractivity contribution is 14.1. The van der Waals surface area contributed by atoms with Crippen LogP contribution in [0.15, 0.2) is 34.3 Å². The predicted molar refractivity (Wildman–Crippen MR) is 90.7 cm³/mol. The number of guanidine groups is 2. The Hall–Kier alpha value is -1.31. The van der Waals surface area contributed by atoms with Gasteiger partial charge in [-0.1, -0.05) is 12.5 Å². The Balaban J connectivity index is 2.08. The summed E-state index contributed by atoms with van der Waals surface area (Å²) in [6.07, 6.45) is 5.47. The average molecular weight is 383 g/mol. The molecule has 3 rings (SSSR count). The van der Waals surface area contributed by atoms with E-state index in [0.717, 1.165) is 31.4 Å². The van der Waals surface area contributed by atoms with E-state index in [4.69, 9.17) is 11.5 Å². The highest BCUT2D eigenvalue weighted by atomic mass is 127. The van der Waals surface area contributed by atoms with Gasteiger partial charge >= 0.3 is 0 Å². The van der Waals surface area contributed by atoms with Crippen molar-refractivity contribution in [3.05, 3.63) is 27.8 Å². The Kier molecular flexibility index (Phi) is 3.57. The molecule has 1 saturated carbocycles. The predicted octanol–water partition coefficient (Wildman–Crippen LogP) is 2.40. The number of rotatable bonds is 1. The largest absolute Gasteiger partial charge is 0.369 e. The zero-order valence-corrected chi connectivity index (χ0v) is 13.4. The average Bonchev–Trinajstić information content (AvgIpc) is 2.38. The van der Waals surface area contributed by atoms with Gasteiger partial charge in [-0.2, -0.15) is 4.99 Å². The van der Waals surface area contributed by atoms with Crippen molar-refractivity contribution in [3.63, 3.8) is 0 Å². The first-order valence-corrected chi connectivity index (χ1v) is 7.94. The standard InChI is InChI=1S/C14H18IN5/c15-10-5-4-6-11(9-10)20-13(17)18-12(16)19-14(20)7-2-1-3-8-14/h4-6,9H,1-3,7-8H2,(H4,16,17,18,19). The van der Waals surface area contributed by atoms with Crippen LogP contribution >= 0.6 is 22.6 Å². The smallest absolute Gasteiger partial charge is 0.220 e. The number of halogens is 1. The lowest BCUT2D eigenvalue weighted by molar-refractivity contribution is 0.305. The van der Waals surface area contributed by atoms with Crippen molar-refractivity contribution in [2.75, 3.05) is 4.90 Å². The van der Waals surface area contributed by atoms with Gasteiger partial charge in [0.25, 0.3) is 0 Å². The van der Waals surface area contributed by atoms with Gasteiger partial charge < -0.3 is 11.5 Å². The fraction of sp³-hybridized carbons (Fsp3) is 0.429. The normalized spacial score (nSPS) is 21.6. The van der Waals surface area contributed by atoms with E-state index >= 15 is 0 Å². The van der Waals surface area contributed by atoms with Gasteiger partial charge in [0, 0.05) is 9.26 Å². The molecule has 0 unspecified atom stereocenters. The minimum Gasteiger partial charge on any atom is -0.369 e. The van der Waals surface area contributed by atoms with E-state index in [1.807, 2.05) is 6.07 Å². The highest BCUT2D eigenvalue weighted by Crippen LogP contribution is 2.39. The SMILES string of the molecule is NC1=NC2(CCCCC2)N(c2cccc(I)c2)C(N)=N1. The summed E-state index contributed by atoms with van der Waals surface area (Å²) in [4.78, 5) is 10.9. The first-order chi connectivity index (χ1) is 9.61. The monoisotopic (exact) mass is 383 g/mol. The van der Waals surface area contributed by atoms with Crippen molar-refractivity contribution in [1.29, 1.82) is 0 Å². The summed E-state index contributed by atoms with van der Waals surface area (Å²) in [6, 6.07) is 8.25. The summed E-state index contributed by atoms with van der Waals surface area (Å²) in [5.74, 6) is 0.743. The van der Waals surface area contributed by atoms with Gasteiger partial charge in [-0.15, -0.1) is 0 Å². The number of nitrogens with zero attached hydrogens (tertiary/aromatic N) is 3. The lowest BCUT2D eigenvalue weighted by Crippen LogP contribution is -2.58. The molecule has 0 aromatic heterocycles. The van der Waals surface area contributed by atoms with Crippen LogP contribution in [0.2, 0.25) is 0 Å². The summed E-state index contributed by atoms with van der Waals surface area (Å²) in [7, 11) is 0. The molecular weight excluding hydrogens is 365 g/mol. The van der Waals surface area contributed by atoms with Crippen molar-refractivity contribution >= 4 is 40.2 Å². The molecule has 0 radical (unpaired) electrons. The van der Waals surface area contributed by atoms with Crippen LogP contribution < -0.4 is 16.4 Å². The van der Waals surface area contributed by atoms with Gasteiger partial charge in [0.1, 0.15) is 5.66 Å². The van der Waals surface area contributed by atoms with Gasteiger partial charge in [0.2, 0.25) is 11.9 Å². The fourth-order valence-electron chi connectivity index (χ4n) is 3.11.